The molecule has 2 aliphatic heterocycles. The summed E-state index contributed by atoms with van der Waals surface area (Å²) in [4.78, 5) is 12.2. The molecule has 10 aliphatic rings. The van der Waals surface area contributed by atoms with Gasteiger partial charge in [-0.05, 0) is 384 Å². The minimum absolute atomic E-state index is 0.00593. The van der Waals surface area contributed by atoms with Gasteiger partial charge in [0.1, 0.15) is 0 Å². The van der Waals surface area contributed by atoms with E-state index in [0.29, 0.717) is 78.4 Å². The van der Waals surface area contributed by atoms with Crippen molar-refractivity contribution in [3.05, 3.63) is 0 Å². The number of rotatable bonds is 5. The van der Waals surface area contributed by atoms with Crippen molar-refractivity contribution >= 4 is 0 Å². The van der Waals surface area contributed by atoms with Crippen LogP contribution in [-0.2, 0) is 0 Å². The van der Waals surface area contributed by atoms with Gasteiger partial charge >= 0.3 is 0 Å². The number of aliphatic hydroxyl groups excluding tert-OH is 1. The first-order chi connectivity index (χ1) is 51.7. The standard InChI is InChI=1S/3C12H25N.C11H23N.2C10H21N.C10H20O.C10H20.C9H20N2.C8H17N/c1-12(2,3)10-6-8-11(9-7-10)13(4)5;1-10(2)13-8-6-11(7-9-13)12(3,4)5;1-12(2,3)11-7-6-10(8-11)9-13(4)5;1-11(2,3)9-6-7-10(8-9)12(4)5;1-10(2,3)8-4-6-9(11)7-5-8;1-10(2,3)8-5-4-6-9(11)7-8;1-10(2,3)8-4-6-9(11)7-5-8;1-10(2,3)9-7-5-4-6-8-9;1-9(2,3)11-6-4-8(10)5-7-11;1-8(2,3)6-4-5-7(6)9/h3*10-11H,6-9H2,1-5H3;9-10H,6-8H2,1-5H3;2*8-9H,4-7,11H2,1-3H3;8-9,11H,4-7H2,1-3H3;9H,4-8H2,1-3H3;8H,4-7,10H2,1-3H3;6-7H,4-5,9H2,1-3H3. The molecular weight excluding hydrogens is 1390 g/mol. The van der Waals surface area contributed by atoms with Crippen LogP contribution in [-0.4, -0.2) is 159 Å². The molecule has 2 heterocycles. The highest BCUT2D eigenvalue weighted by atomic mass is 16.3. The maximum Gasteiger partial charge on any atom is 0.0540 e. The molecule has 10 fully saturated rings. The second-order valence-corrected chi connectivity index (χ2v) is 51.4. The zero-order valence-corrected chi connectivity index (χ0v) is 85.3. The Morgan fingerprint density at radius 3 is 0.921 bits per heavy atom. The van der Waals surface area contributed by atoms with Crippen molar-refractivity contribution < 1.29 is 5.11 Å². The molecule has 0 aromatic rings. The summed E-state index contributed by atoms with van der Waals surface area (Å²) in [5.41, 5.74) is 28.2. The van der Waals surface area contributed by atoms with E-state index >= 15 is 0 Å². The van der Waals surface area contributed by atoms with E-state index in [4.69, 9.17) is 22.9 Å². The molecular formula is C104H217N9O. The first kappa shape index (κ1) is 112. The third-order valence-corrected chi connectivity index (χ3v) is 30.5. The van der Waals surface area contributed by atoms with Gasteiger partial charge in [0.15, 0.2) is 0 Å². The Morgan fingerprint density at radius 1 is 0.298 bits per heavy atom. The van der Waals surface area contributed by atoms with Gasteiger partial charge in [-0.15, -0.1) is 0 Å². The molecule has 2 saturated heterocycles. The molecule has 0 aromatic carbocycles. The topological polar surface area (TPSA) is 141 Å². The third kappa shape index (κ3) is 46.9. The van der Waals surface area contributed by atoms with Crippen LogP contribution < -0.4 is 22.9 Å². The fraction of sp³-hybridized carbons (Fsp3) is 1.00. The van der Waals surface area contributed by atoms with E-state index in [1.54, 1.807) is 0 Å². The largest absolute Gasteiger partial charge is 0.393 e. The molecule has 8 atom stereocenters. The van der Waals surface area contributed by atoms with Gasteiger partial charge in [0, 0.05) is 67.5 Å². The van der Waals surface area contributed by atoms with Crippen LogP contribution in [0.5, 0.6) is 0 Å². The second kappa shape index (κ2) is 50.5. The Kier molecular flexibility index (Phi) is 49.5. The predicted molar refractivity (Wildman–Crippen MR) is 512 cm³/mol. The van der Waals surface area contributed by atoms with Crippen molar-refractivity contribution in [3.63, 3.8) is 0 Å². The van der Waals surface area contributed by atoms with E-state index < -0.39 is 0 Å². The molecule has 0 bridgehead atoms. The number of hydrogen-bond donors (Lipinski definition) is 5. The van der Waals surface area contributed by atoms with Gasteiger partial charge < -0.3 is 47.6 Å². The van der Waals surface area contributed by atoms with E-state index in [0.717, 1.165) is 103 Å². The van der Waals surface area contributed by atoms with E-state index in [-0.39, 0.29) is 6.10 Å². The lowest BCUT2D eigenvalue weighted by molar-refractivity contribution is 0.0725. The van der Waals surface area contributed by atoms with Crippen molar-refractivity contribution in [2.45, 2.75) is 487 Å². The number of piperidine rings is 2. The normalized spacial score (nSPS) is 29.8. The summed E-state index contributed by atoms with van der Waals surface area (Å²) >= 11 is 0. The SMILES string of the molecule is CC(C)(C)C1CCC(N)CC1.CC(C)(C)C1CCC(O)CC1.CC(C)(C)C1CCC1N.CC(C)(C)C1CCCC(N)C1.CC(C)(C)C1CCCCC1.CC(C)(C)N1CCC(N)CC1.CC(C)N1CCC(C(C)(C)C)CC1.CN(C)C1CCC(C(C)(C)C)C1.CN(C)C1CCC(C(C)(C)C)CC1.CN(C)CC1CCC(C(C)(C)C)C1. The van der Waals surface area contributed by atoms with Crippen LogP contribution >= 0.6 is 0 Å². The van der Waals surface area contributed by atoms with Crippen LogP contribution in [0.15, 0.2) is 0 Å². The van der Waals surface area contributed by atoms with Crippen LogP contribution in [0.25, 0.3) is 0 Å². The Morgan fingerprint density at radius 2 is 0.632 bits per heavy atom. The number of likely N-dealkylation sites (tertiary alicyclic amines) is 2. The first-order valence-electron chi connectivity index (χ1n) is 48.9. The van der Waals surface area contributed by atoms with Gasteiger partial charge in [0.2, 0.25) is 0 Å². The van der Waals surface area contributed by atoms with Gasteiger partial charge in [-0.25, -0.2) is 0 Å². The zero-order valence-electron chi connectivity index (χ0n) is 85.3. The highest BCUT2D eigenvalue weighted by Gasteiger charge is 2.39. The molecule has 684 valence electrons. The lowest BCUT2D eigenvalue weighted by Gasteiger charge is -2.43. The number of nitrogens with two attached hydrogens (primary N) is 4. The van der Waals surface area contributed by atoms with Crippen molar-refractivity contribution in [3.8, 4) is 0 Å². The molecule has 9 N–H and O–H groups in total. The van der Waals surface area contributed by atoms with Crippen LogP contribution in [0.3, 0.4) is 0 Å². The highest BCUT2D eigenvalue weighted by Crippen LogP contribution is 2.46. The Labute approximate surface area is 718 Å². The Balaban J connectivity index is 0.000000634. The summed E-state index contributed by atoms with van der Waals surface area (Å²) in [6.45, 7) is 81.1. The van der Waals surface area contributed by atoms with E-state index in [9.17, 15) is 5.11 Å². The maximum atomic E-state index is 9.29. The maximum absolute atomic E-state index is 9.29. The lowest BCUT2D eigenvalue weighted by Crippen LogP contribution is -2.48. The van der Waals surface area contributed by atoms with Crippen LogP contribution in [0.1, 0.15) is 433 Å². The molecule has 8 unspecified atom stereocenters. The molecule has 0 aromatic heterocycles. The molecule has 10 heteroatoms. The summed E-state index contributed by atoms with van der Waals surface area (Å²) in [6, 6.07) is 4.34. The van der Waals surface area contributed by atoms with Crippen molar-refractivity contribution in [1.82, 2.24) is 24.5 Å². The molecule has 0 amide bonds. The van der Waals surface area contributed by atoms with Gasteiger partial charge in [0.05, 0.1) is 6.10 Å². The van der Waals surface area contributed by atoms with Crippen LogP contribution in [0.4, 0.5) is 0 Å². The number of aliphatic hydroxyl groups is 1. The monoisotopic (exact) mass is 1610 g/mol. The van der Waals surface area contributed by atoms with Gasteiger partial charge in [-0.2, -0.15) is 0 Å². The van der Waals surface area contributed by atoms with Gasteiger partial charge in [-0.1, -0.05) is 213 Å². The number of nitrogens with zero attached hydrogens (tertiary/aromatic N) is 5. The number of hydrogen-bond acceptors (Lipinski definition) is 10. The van der Waals surface area contributed by atoms with Crippen LogP contribution in [0.2, 0.25) is 0 Å². The molecule has 10 rings (SSSR count). The molecule has 8 aliphatic carbocycles. The molecule has 0 spiro atoms. The summed E-state index contributed by atoms with van der Waals surface area (Å²) in [5, 5.41) is 9.29. The van der Waals surface area contributed by atoms with Crippen molar-refractivity contribution in [2.24, 2.45) is 131 Å². The van der Waals surface area contributed by atoms with Crippen LogP contribution in [0, 0.1) is 108 Å². The van der Waals surface area contributed by atoms with Gasteiger partial charge in [-0.3, -0.25) is 4.90 Å². The first-order valence-corrected chi connectivity index (χ1v) is 48.9. The van der Waals surface area contributed by atoms with E-state index in [2.05, 4.69) is 288 Å². The highest BCUT2D eigenvalue weighted by molar-refractivity contribution is 4.93. The average Bonchev–Trinajstić information content (AvgIpc) is 1.47. The summed E-state index contributed by atoms with van der Waals surface area (Å²) < 4.78 is 0. The minimum atomic E-state index is -0.00593. The summed E-state index contributed by atoms with van der Waals surface area (Å²) in [6.07, 6.45) is 44.1. The van der Waals surface area contributed by atoms with E-state index in [1.807, 2.05) is 0 Å². The summed E-state index contributed by atoms with van der Waals surface area (Å²) in [5.74, 6) is 9.09. The Bertz CT molecular complexity index is 2240. The quantitative estimate of drug-likeness (QED) is 0.181. The fourth-order valence-corrected chi connectivity index (χ4v) is 20.6. The van der Waals surface area contributed by atoms with Crippen molar-refractivity contribution in [2.75, 3.05) is 75.0 Å². The fourth-order valence-electron chi connectivity index (χ4n) is 20.6. The van der Waals surface area contributed by atoms with Gasteiger partial charge in [0.25, 0.3) is 0 Å². The zero-order chi connectivity index (χ0) is 88.1. The smallest absolute Gasteiger partial charge is 0.0540 e. The van der Waals surface area contributed by atoms with E-state index in [1.165, 1.54) is 219 Å². The molecule has 8 saturated carbocycles. The summed E-state index contributed by atoms with van der Waals surface area (Å²) in [7, 11) is 13.2. The minimum Gasteiger partial charge on any atom is -0.393 e. The molecule has 10 nitrogen and oxygen atoms in total. The molecule has 114 heavy (non-hydrogen) atoms. The van der Waals surface area contributed by atoms with Crippen molar-refractivity contribution in [1.29, 1.82) is 0 Å². The third-order valence-electron chi connectivity index (χ3n) is 30.5. The predicted octanol–water partition coefficient (Wildman–Crippen LogP) is 26.4. The Hall–Kier alpha value is -0.400. The lowest BCUT2D eigenvalue weighted by atomic mass is 9.65. The second-order valence-electron chi connectivity index (χ2n) is 51.4. The molecule has 0 radical (unpaired) electrons. The average molecular weight is 1610 g/mol.